The van der Waals surface area contributed by atoms with Crippen molar-refractivity contribution >= 4 is 41.4 Å². The van der Waals surface area contributed by atoms with Gasteiger partial charge in [-0.15, -0.1) is 11.8 Å². The van der Waals surface area contributed by atoms with Crippen LogP contribution in [0.15, 0.2) is 18.2 Å². The van der Waals surface area contributed by atoms with E-state index >= 15 is 0 Å². The zero-order chi connectivity index (χ0) is 27.7. The Balaban J connectivity index is 1.63. The van der Waals surface area contributed by atoms with E-state index in [1.165, 1.54) is 55.9 Å². The SMILES string of the molecule is COc1ccc(CNC(=O)C(CSCC2CCCCC2)NC(=O)[C@@H]2CSCN2C(=O)OC(C)(C)C)cc1O. The maximum atomic E-state index is 13.3. The molecule has 1 aliphatic heterocycles. The largest absolute Gasteiger partial charge is 0.504 e. The van der Waals surface area contributed by atoms with E-state index in [1.54, 1.807) is 50.7 Å². The van der Waals surface area contributed by atoms with E-state index < -0.39 is 23.8 Å². The number of nitrogens with one attached hydrogen (secondary N) is 2. The van der Waals surface area contributed by atoms with Crippen LogP contribution >= 0.6 is 23.5 Å². The van der Waals surface area contributed by atoms with Crippen molar-refractivity contribution in [2.45, 2.75) is 77.1 Å². The van der Waals surface area contributed by atoms with Gasteiger partial charge in [-0.05, 0) is 63.0 Å². The standard InChI is InChI=1S/C27H41N3O6S2/c1-27(2,3)36-26(34)30-17-38-16-21(30)25(33)29-20(15-37-14-18-8-6-5-7-9-18)24(32)28-13-19-10-11-23(35-4)22(31)12-19/h10-12,18,20-21,31H,5-9,13-17H2,1-4H3,(H,28,32)(H,29,33)/t20?,21-/m0/s1. The third-order valence-electron chi connectivity index (χ3n) is 6.52. The molecule has 0 aromatic heterocycles. The van der Waals surface area contributed by atoms with Crippen LogP contribution in [0.3, 0.4) is 0 Å². The number of aromatic hydroxyl groups is 1. The Kier molecular flexibility index (Phi) is 11.3. The van der Waals surface area contributed by atoms with Crippen LogP contribution in [-0.2, 0) is 20.9 Å². The number of methoxy groups -OCH3 is 1. The second-order valence-electron chi connectivity index (χ2n) is 10.8. The highest BCUT2D eigenvalue weighted by atomic mass is 32.2. The summed E-state index contributed by atoms with van der Waals surface area (Å²) in [7, 11) is 1.47. The quantitative estimate of drug-likeness (QED) is 0.387. The third kappa shape index (κ3) is 9.18. The predicted octanol–water partition coefficient (Wildman–Crippen LogP) is 4.13. The third-order valence-corrected chi connectivity index (χ3v) is 8.81. The van der Waals surface area contributed by atoms with Crippen LogP contribution in [0, 0.1) is 5.92 Å². The first kappa shape index (κ1) is 30.3. The fourth-order valence-corrected chi connectivity index (χ4v) is 6.89. The van der Waals surface area contributed by atoms with Gasteiger partial charge in [0.2, 0.25) is 11.8 Å². The molecule has 0 spiro atoms. The van der Waals surface area contributed by atoms with Gasteiger partial charge in [0.05, 0.1) is 13.0 Å². The molecule has 38 heavy (non-hydrogen) atoms. The molecule has 1 aliphatic carbocycles. The fraction of sp³-hybridized carbons (Fsp3) is 0.667. The van der Waals surface area contributed by atoms with Crippen molar-refractivity contribution in [2.75, 3.05) is 30.2 Å². The molecular weight excluding hydrogens is 526 g/mol. The number of hydrogen-bond acceptors (Lipinski definition) is 8. The molecule has 0 radical (unpaired) electrons. The number of hydrogen-bond donors (Lipinski definition) is 3. The van der Waals surface area contributed by atoms with E-state index in [-0.39, 0.29) is 24.1 Å². The topological polar surface area (TPSA) is 117 Å². The minimum absolute atomic E-state index is 0.00638. The molecule has 1 heterocycles. The lowest BCUT2D eigenvalue weighted by atomic mass is 9.91. The molecule has 3 amide bonds. The van der Waals surface area contributed by atoms with Crippen LogP contribution in [-0.4, -0.2) is 75.8 Å². The van der Waals surface area contributed by atoms with Gasteiger partial charge in [0.15, 0.2) is 11.5 Å². The van der Waals surface area contributed by atoms with Gasteiger partial charge in [-0.2, -0.15) is 11.8 Å². The fourth-order valence-electron chi connectivity index (χ4n) is 4.48. The molecule has 11 heteroatoms. The number of carbonyl (C=O) groups excluding carboxylic acids is 3. The average Bonchev–Trinajstić information content (AvgIpc) is 3.37. The highest BCUT2D eigenvalue weighted by Gasteiger charge is 2.38. The maximum Gasteiger partial charge on any atom is 0.411 e. The lowest BCUT2D eigenvalue weighted by molar-refractivity contribution is -0.130. The van der Waals surface area contributed by atoms with Crippen molar-refractivity contribution in [3.05, 3.63) is 23.8 Å². The van der Waals surface area contributed by atoms with Crippen LogP contribution in [0.2, 0.25) is 0 Å². The Morgan fingerprint density at radius 2 is 1.95 bits per heavy atom. The Bertz CT molecular complexity index is 965. The van der Waals surface area contributed by atoms with Gasteiger partial charge in [0.25, 0.3) is 0 Å². The van der Waals surface area contributed by atoms with Gasteiger partial charge < -0.3 is 25.2 Å². The Morgan fingerprint density at radius 3 is 2.61 bits per heavy atom. The first-order valence-corrected chi connectivity index (χ1v) is 15.5. The Hall–Kier alpha value is -2.27. The molecule has 1 aromatic rings. The second-order valence-corrected chi connectivity index (χ2v) is 12.9. The molecule has 1 saturated carbocycles. The van der Waals surface area contributed by atoms with E-state index in [2.05, 4.69) is 10.6 Å². The van der Waals surface area contributed by atoms with E-state index in [0.29, 0.717) is 34.6 Å². The van der Waals surface area contributed by atoms with Crippen LogP contribution in [0.25, 0.3) is 0 Å². The first-order valence-electron chi connectivity index (χ1n) is 13.2. The number of phenolic OH excluding ortho intramolecular Hbond substituents is 1. The smallest absolute Gasteiger partial charge is 0.411 e. The highest BCUT2D eigenvalue weighted by molar-refractivity contribution is 7.99. The number of phenols is 1. The number of amides is 3. The summed E-state index contributed by atoms with van der Waals surface area (Å²) in [5.41, 5.74) is 0.0410. The normalized spacial score (nSPS) is 19.1. The van der Waals surface area contributed by atoms with Gasteiger partial charge in [0.1, 0.15) is 17.7 Å². The number of carbonyl (C=O) groups is 3. The molecule has 3 N–H and O–H groups in total. The summed E-state index contributed by atoms with van der Waals surface area (Å²) in [6, 6.07) is 3.48. The minimum atomic E-state index is -0.756. The number of benzene rings is 1. The lowest BCUT2D eigenvalue weighted by Gasteiger charge is -2.28. The number of rotatable bonds is 10. The lowest BCUT2D eigenvalue weighted by Crippen LogP contribution is -2.55. The molecule has 3 rings (SSSR count). The summed E-state index contributed by atoms with van der Waals surface area (Å²) < 4.78 is 10.6. The summed E-state index contributed by atoms with van der Waals surface area (Å²) >= 11 is 3.16. The van der Waals surface area contributed by atoms with E-state index in [9.17, 15) is 19.5 Å². The average molecular weight is 568 g/mol. The van der Waals surface area contributed by atoms with E-state index in [0.717, 1.165) is 5.75 Å². The summed E-state index contributed by atoms with van der Waals surface area (Å²) in [5.74, 6) is 2.52. The molecule has 9 nitrogen and oxygen atoms in total. The molecule has 1 unspecified atom stereocenters. The molecule has 2 atom stereocenters. The van der Waals surface area contributed by atoms with Crippen LogP contribution < -0.4 is 15.4 Å². The van der Waals surface area contributed by atoms with Crippen molar-refractivity contribution in [3.8, 4) is 11.5 Å². The zero-order valence-electron chi connectivity index (χ0n) is 22.8. The van der Waals surface area contributed by atoms with Crippen LogP contribution in [0.1, 0.15) is 58.4 Å². The van der Waals surface area contributed by atoms with Crippen molar-refractivity contribution in [3.63, 3.8) is 0 Å². The summed E-state index contributed by atoms with van der Waals surface area (Å²) in [5, 5.41) is 15.8. The monoisotopic (exact) mass is 567 g/mol. The maximum absolute atomic E-state index is 13.3. The molecule has 212 valence electrons. The summed E-state index contributed by atoms with van der Waals surface area (Å²) in [4.78, 5) is 40.6. The number of nitrogens with zero attached hydrogens (tertiary/aromatic N) is 1. The van der Waals surface area contributed by atoms with Crippen molar-refractivity contribution < 1.29 is 29.0 Å². The molecular formula is C27H41N3O6S2. The minimum Gasteiger partial charge on any atom is -0.504 e. The molecule has 2 fully saturated rings. The molecule has 0 bridgehead atoms. The number of thioether (sulfide) groups is 2. The Labute approximate surface area is 234 Å². The summed E-state index contributed by atoms with van der Waals surface area (Å²) in [6.07, 6.45) is 5.68. The van der Waals surface area contributed by atoms with Gasteiger partial charge in [-0.25, -0.2) is 4.79 Å². The van der Waals surface area contributed by atoms with E-state index in [4.69, 9.17) is 9.47 Å². The van der Waals surface area contributed by atoms with Crippen LogP contribution in [0.5, 0.6) is 11.5 Å². The van der Waals surface area contributed by atoms with E-state index in [1.807, 2.05) is 0 Å². The summed E-state index contributed by atoms with van der Waals surface area (Å²) in [6.45, 7) is 5.56. The zero-order valence-corrected chi connectivity index (χ0v) is 24.4. The van der Waals surface area contributed by atoms with Crippen LogP contribution in [0.4, 0.5) is 4.79 Å². The molecule has 1 aromatic carbocycles. The van der Waals surface area contributed by atoms with Gasteiger partial charge in [0, 0.05) is 18.1 Å². The van der Waals surface area contributed by atoms with Gasteiger partial charge in [-0.1, -0.05) is 25.3 Å². The Morgan fingerprint density at radius 1 is 1.21 bits per heavy atom. The first-order chi connectivity index (χ1) is 18.1. The molecule has 2 aliphatic rings. The molecule has 1 saturated heterocycles. The second kappa shape index (κ2) is 14.2. The van der Waals surface area contributed by atoms with Crippen molar-refractivity contribution in [1.82, 2.24) is 15.5 Å². The highest BCUT2D eigenvalue weighted by Crippen LogP contribution is 2.28. The number of ether oxygens (including phenoxy) is 2. The van der Waals surface area contributed by atoms with Gasteiger partial charge in [-0.3, -0.25) is 14.5 Å². The van der Waals surface area contributed by atoms with Crippen molar-refractivity contribution in [1.29, 1.82) is 0 Å². The predicted molar refractivity (Wildman–Crippen MR) is 152 cm³/mol. The van der Waals surface area contributed by atoms with Gasteiger partial charge >= 0.3 is 6.09 Å². The van der Waals surface area contributed by atoms with Crippen molar-refractivity contribution in [2.24, 2.45) is 5.92 Å².